The second-order valence-corrected chi connectivity index (χ2v) is 5.59. The molecule has 0 aromatic heterocycles. The minimum atomic E-state index is -0.194. The molecule has 0 bridgehead atoms. The number of aliphatic hydroxyl groups is 1. The minimum Gasteiger partial charge on any atom is -0.384 e. The van der Waals surface area contributed by atoms with Gasteiger partial charge in [0.15, 0.2) is 0 Å². The Bertz CT molecular complexity index is 535. The molecule has 0 heterocycles. The fourth-order valence-electron chi connectivity index (χ4n) is 2.25. The maximum Gasteiger partial charge on any atom is 0.255 e. The van der Waals surface area contributed by atoms with E-state index in [1.807, 2.05) is 29.2 Å². The zero-order valence-corrected chi connectivity index (χ0v) is 12.1. The van der Waals surface area contributed by atoms with Crippen molar-refractivity contribution in [2.24, 2.45) is 5.92 Å². The molecule has 1 amide bonds. The molecule has 0 radical (unpaired) electrons. The van der Waals surface area contributed by atoms with E-state index in [0.29, 0.717) is 23.1 Å². The van der Waals surface area contributed by atoms with Gasteiger partial charge in [-0.15, -0.1) is 0 Å². The summed E-state index contributed by atoms with van der Waals surface area (Å²) >= 11 is 0. The lowest BCUT2D eigenvalue weighted by Crippen LogP contribution is -2.36. The summed E-state index contributed by atoms with van der Waals surface area (Å²) < 4.78 is 0. The standard InChI is InChI=1S/C17H21NO2/c1-13(2)12-18(15-9-10-15)17(20)16-8-4-3-6-14(16)7-5-11-19/h3-4,6,8,13,15,19H,9-12H2,1-2H3. The van der Waals surface area contributed by atoms with Crippen molar-refractivity contribution in [3.05, 3.63) is 35.4 Å². The molecule has 3 nitrogen and oxygen atoms in total. The average Bonchev–Trinajstić information content (AvgIpc) is 3.26. The van der Waals surface area contributed by atoms with Crippen LogP contribution in [0.25, 0.3) is 0 Å². The van der Waals surface area contributed by atoms with Crippen LogP contribution in [0.5, 0.6) is 0 Å². The van der Waals surface area contributed by atoms with Crippen molar-refractivity contribution in [2.45, 2.75) is 32.7 Å². The minimum absolute atomic E-state index is 0.0593. The Labute approximate surface area is 120 Å². The third kappa shape index (κ3) is 3.61. The van der Waals surface area contributed by atoms with Crippen molar-refractivity contribution in [1.82, 2.24) is 4.90 Å². The summed E-state index contributed by atoms with van der Waals surface area (Å²) in [4.78, 5) is 14.7. The van der Waals surface area contributed by atoms with Crippen molar-refractivity contribution in [3.63, 3.8) is 0 Å². The lowest BCUT2D eigenvalue weighted by atomic mass is 10.1. The van der Waals surface area contributed by atoms with Gasteiger partial charge in [0.05, 0.1) is 5.56 Å². The van der Waals surface area contributed by atoms with Gasteiger partial charge >= 0.3 is 0 Å². The van der Waals surface area contributed by atoms with Crippen LogP contribution in [0.2, 0.25) is 0 Å². The molecule has 1 aromatic carbocycles. The molecular weight excluding hydrogens is 250 g/mol. The maximum absolute atomic E-state index is 12.7. The van der Waals surface area contributed by atoms with Gasteiger partial charge in [-0.25, -0.2) is 0 Å². The summed E-state index contributed by atoms with van der Waals surface area (Å²) in [6.07, 6.45) is 2.20. The molecule has 20 heavy (non-hydrogen) atoms. The maximum atomic E-state index is 12.7. The van der Waals surface area contributed by atoms with E-state index in [1.165, 1.54) is 0 Å². The molecule has 1 N–H and O–H groups in total. The van der Waals surface area contributed by atoms with Gasteiger partial charge < -0.3 is 10.0 Å². The molecule has 0 atom stereocenters. The number of rotatable bonds is 4. The molecule has 3 heteroatoms. The Morgan fingerprint density at radius 1 is 1.40 bits per heavy atom. The predicted molar refractivity (Wildman–Crippen MR) is 79.3 cm³/mol. The van der Waals surface area contributed by atoms with E-state index >= 15 is 0 Å². The van der Waals surface area contributed by atoms with Crippen LogP contribution >= 0.6 is 0 Å². The molecule has 2 rings (SSSR count). The van der Waals surface area contributed by atoms with Gasteiger partial charge in [-0.3, -0.25) is 4.79 Å². The van der Waals surface area contributed by atoms with Crippen molar-refractivity contribution in [3.8, 4) is 11.8 Å². The largest absolute Gasteiger partial charge is 0.384 e. The van der Waals surface area contributed by atoms with Crippen LogP contribution in [-0.2, 0) is 0 Å². The van der Waals surface area contributed by atoms with Gasteiger partial charge in [0.1, 0.15) is 6.61 Å². The Morgan fingerprint density at radius 2 is 2.10 bits per heavy atom. The van der Waals surface area contributed by atoms with E-state index in [4.69, 9.17) is 5.11 Å². The van der Waals surface area contributed by atoms with E-state index in [-0.39, 0.29) is 12.5 Å². The van der Waals surface area contributed by atoms with Crippen LogP contribution in [0.4, 0.5) is 0 Å². The van der Waals surface area contributed by atoms with E-state index < -0.39 is 0 Å². The Morgan fingerprint density at radius 3 is 2.70 bits per heavy atom. The van der Waals surface area contributed by atoms with Crippen LogP contribution in [0.3, 0.4) is 0 Å². The number of hydrogen-bond donors (Lipinski definition) is 1. The van der Waals surface area contributed by atoms with Crippen molar-refractivity contribution in [2.75, 3.05) is 13.2 Å². The van der Waals surface area contributed by atoms with Crippen LogP contribution in [-0.4, -0.2) is 35.1 Å². The monoisotopic (exact) mass is 271 g/mol. The second kappa shape index (κ2) is 6.58. The van der Waals surface area contributed by atoms with Gasteiger partial charge in [0.25, 0.3) is 5.91 Å². The summed E-state index contributed by atoms with van der Waals surface area (Å²) in [6.45, 7) is 4.84. The Balaban J connectivity index is 2.26. The molecule has 0 unspecified atom stereocenters. The Kier molecular flexibility index (Phi) is 4.81. The molecule has 0 aliphatic heterocycles. The lowest BCUT2D eigenvalue weighted by molar-refractivity contribution is 0.0722. The van der Waals surface area contributed by atoms with Crippen molar-refractivity contribution in [1.29, 1.82) is 0 Å². The predicted octanol–water partition coefficient (Wildman–Crippen LogP) is 2.29. The van der Waals surface area contributed by atoms with Gasteiger partial charge in [-0.1, -0.05) is 37.8 Å². The van der Waals surface area contributed by atoms with E-state index in [2.05, 4.69) is 25.7 Å². The highest BCUT2D eigenvalue weighted by atomic mass is 16.2. The fraction of sp³-hybridized carbons (Fsp3) is 0.471. The van der Waals surface area contributed by atoms with Gasteiger partial charge in [-0.05, 0) is 30.9 Å². The molecule has 1 aliphatic carbocycles. The summed E-state index contributed by atoms with van der Waals surface area (Å²) in [5.74, 6) is 6.00. The quantitative estimate of drug-likeness (QED) is 0.854. The number of amides is 1. The number of carbonyl (C=O) groups excluding carboxylic acids is 1. The van der Waals surface area contributed by atoms with Crippen LogP contribution in [0.15, 0.2) is 24.3 Å². The summed E-state index contributed by atoms with van der Waals surface area (Å²) in [6, 6.07) is 7.76. The molecule has 1 aromatic rings. The first-order valence-electron chi connectivity index (χ1n) is 7.13. The summed E-state index contributed by atoms with van der Waals surface area (Å²) in [5, 5.41) is 8.81. The number of aliphatic hydroxyl groups excluding tert-OH is 1. The van der Waals surface area contributed by atoms with Crippen LogP contribution < -0.4 is 0 Å². The smallest absolute Gasteiger partial charge is 0.255 e. The van der Waals surface area contributed by atoms with Crippen LogP contribution in [0, 0.1) is 17.8 Å². The van der Waals surface area contributed by atoms with Crippen LogP contribution in [0.1, 0.15) is 42.6 Å². The van der Waals surface area contributed by atoms with Crippen molar-refractivity contribution >= 4 is 5.91 Å². The molecule has 0 saturated heterocycles. The van der Waals surface area contributed by atoms with E-state index in [9.17, 15) is 4.79 Å². The zero-order chi connectivity index (χ0) is 14.5. The number of carbonyl (C=O) groups is 1. The first-order valence-corrected chi connectivity index (χ1v) is 7.13. The first-order chi connectivity index (χ1) is 9.63. The summed E-state index contributed by atoms with van der Waals surface area (Å²) in [7, 11) is 0. The molecule has 106 valence electrons. The molecule has 1 saturated carbocycles. The highest BCUT2D eigenvalue weighted by molar-refractivity contribution is 5.97. The number of nitrogens with zero attached hydrogens (tertiary/aromatic N) is 1. The number of hydrogen-bond acceptors (Lipinski definition) is 2. The fourth-order valence-corrected chi connectivity index (χ4v) is 2.25. The normalized spacial score (nSPS) is 13.8. The van der Waals surface area contributed by atoms with E-state index in [1.54, 1.807) is 0 Å². The molecule has 1 aliphatic rings. The van der Waals surface area contributed by atoms with Gasteiger partial charge in [0.2, 0.25) is 0 Å². The average molecular weight is 271 g/mol. The van der Waals surface area contributed by atoms with Crippen molar-refractivity contribution < 1.29 is 9.90 Å². The summed E-state index contributed by atoms with van der Waals surface area (Å²) in [5.41, 5.74) is 1.34. The Hall–Kier alpha value is -1.79. The van der Waals surface area contributed by atoms with Gasteiger partial charge in [-0.2, -0.15) is 0 Å². The molecule has 0 spiro atoms. The number of benzene rings is 1. The third-order valence-corrected chi connectivity index (χ3v) is 3.27. The highest BCUT2D eigenvalue weighted by Crippen LogP contribution is 2.29. The molecular formula is C17H21NO2. The third-order valence-electron chi connectivity index (χ3n) is 3.27. The van der Waals surface area contributed by atoms with E-state index in [0.717, 1.165) is 19.4 Å². The lowest BCUT2D eigenvalue weighted by Gasteiger charge is -2.25. The first kappa shape index (κ1) is 14.6. The SMILES string of the molecule is CC(C)CN(C(=O)c1ccccc1C#CCO)C1CC1. The van der Waals surface area contributed by atoms with Gasteiger partial charge in [0, 0.05) is 18.2 Å². The topological polar surface area (TPSA) is 40.5 Å². The highest BCUT2D eigenvalue weighted by Gasteiger charge is 2.33. The second-order valence-electron chi connectivity index (χ2n) is 5.59. The zero-order valence-electron chi connectivity index (χ0n) is 12.1. The molecule has 1 fully saturated rings.